The van der Waals surface area contributed by atoms with E-state index in [2.05, 4.69) is 11.5 Å². The van der Waals surface area contributed by atoms with E-state index in [9.17, 15) is 0 Å². The van der Waals surface area contributed by atoms with Crippen LogP contribution in [0.2, 0.25) is 0 Å². The summed E-state index contributed by atoms with van der Waals surface area (Å²) in [6.45, 7) is 7.52. The average molecular weight is 266 g/mol. The number of halogens is 1. The van der Waals surface area contributed by atoms with E-state index in [4.69, 9.17) is 16.3 Å². The Morgan fingerprint density at radius 2 is 2.17 bits per heavy atom. The molecule has 1 aromatic rings. The summed E-state index contributed by atoms with van der Waals surface area (Å²) in [5, 5.41) is 0.722. The molecule has 1 atom stereocenters. The van der Waals surface area contributed by atoms with E-state index in [1.54, 1.807) is 0 Å². The molecule has 1 aromatic carbocycles. The third-order valence-corrected chi connectivity index (χ3v) is 3.35. The molecule has 1 aliphatic rings. The monoisotopic (exact) mass is 265 g/mol. The van der Waals surface area contributed by atoms with Crippen molar-refractivity contribution in [2.45, 2.75) is 12.8 Å². The number of para-hydroxylation sites is 1. The molecule has 0 bridgehead atoms. The van der Waals surface area contributed by atoms with Crippen LogP contribution in [0.1, 0.15) is 12.8 Å². The summed E-state index contributed by atoms with van der Waals surface area (Å²) in [7, 11) is 0. The van der Waals surface area contributed by atoms with Gasteiger partial charge in [-0.3, -0.25) is 4.90 Å². The van der Waals surface area contributed by atoms with Gasteiger partial charge in [-0.1, -0.05) is 36.4 Å². The second-order valence-corrected chi connectivity index (χ2v) is 5.42. The molecule has 0 amide bonds. The van der Waals surface area contributed by atoms with Crippen molar-refractivity contribution in [1.82, 2.24) is 4.90 Å². The largest absolute Gasteiger partial charge is 0.493 e. The van der Waals surface area contributed by atoms with Gasteiger partial charge < -0.3 is 4.74 Å². The van der Waals surface area contributed by atoms with Crippen LogP contribution in [0.4, 0.5) is 0 Å². The van der Waals surface area contributed by atoms with Gasteiger partial charge >= 0.3 is 0 Å². The number of likely N-dealkylation sites (tertiary alicyclic amines) is 1. The summed E-state index contributed by atoms with van der Waals surface area (Å²) in [5.74, 6) is 1.55. The molecule has 18 heavy (non-hydrogen) atoms. The van der Waals surface area contributed by atoms with Crippen molar-refractivity contribution in [1.29, 1.82) is 0 Å². The highest BCUT2D eigenvalue weighted by molar-refractivity contribution is 6.29. The van der Waals surface area contributed by atoms with Crippen LogP contribution in [-0.2, 0) is 0 Å². The first-order chi connectivity index (χ1) is 8.74. The van der Waals surface area contributed by atoms with Crippen LogP contribution >= 0.6 is 11.6 Å². The van der Waals surface area contributed by atoms with Crippen molar-refractivity contribution < 1.29 is 4.74 Å². The molecule has 0 aliphatic carbocycles. The zero-order chi connectivity index (χ0) is 12.8. The summed E-state index contributed by atoms with van der Waals surface area (Å²) in [6.07, 6.45) is 2.45. The zero-order valence-electron chi connectivity index (χ0n) is 10.6. The van der Waals surface area contributed by atoms with E-state index in [1.807, 2.05) is 30.3 Å². The van der Waals surface area contributed by atoms with Crippen LogP contribution in [0.15, 0.2) is 41.9 Å². The minimum absolute atomic E-state index is 0.593. The molecule has 0 N–H and O–H groups in total. The third kappa shape index (κ3) is 4.35. The van der Waals surface area contributed by atoms with Gasteiger partial charge in [-0.2, -0.15) is 0 Å². The van der Waals surface area contributed by atoms with Gasteiger partial charge in [-0.25, -0.2) is 0 Å². The second-order valence-electron chi connectivity index (χ2n) is 4.88. The average Bonchev–Trinajstić information content (AvgIpc) is 2.37. The Morgan fingerprint density at radius 1 is 1.39 bits per heavy atom. The van der Waals surface area contributed by atoms with E-state index < -0.39 is 0 Å². The quantitative estimate of drug-likeness (QED) is 0.808. The number of ether oxygens (including phenoxy) is 1. The summed E-state index contributed by atoms with van der Waals surface area (Å²) in [5.41, 5.74) is 0. The van der Waals surface area contributed by atoms with E-state index in [0.717, 1.165) is 37.0 Å². The lowest BCUT2D eigenvalue weighted by atomic mass is 9.99. The van der Waals surface area contributed by atoms with Gasteiger partial charge in [0.25, 0.3) is 0 Å². The standard InChI is InChI=1S/C15H20ClNO/c1-13(16)10-17-9-5-6-14(11-17)12-18-15-7-3-2-4-8-15/h2-4,7-8,14H,1,5-6,9-12H2. The molecule has 98 valence electrons. The van der Waals surface area contributed by atoms with Gasteiger partial charge in [0.15, 0.2) is 0 Å². The molecule has 0 saturated carbocycles. The molecular weight excluding hydrogens is 246 g/mol. The fourth-order valence-corrected chi connectivity index (χ4v) is 2.57. The Kier molecular flexibility index (Phi) is 5.09. The van der Waals surface area contributed by atoms with Crippen LogP contribution < -0.4 is 4.74 Å². The molecule has 1 heterocycles. The predicted octanol–water partition coefficient (Wildman–Crippen LogP) is 3.53. The number of benzene rings is 1. The van der Waals surface area contributed by atoms with Gasteiger partial charge in [-0.15, -0.1) is 0 Å². The van der Waals surface area contributed by atoms with Crippen molar-refractivity contribution in [3.05, 3.63) is 41.9 Å². The van der Waals surface area contributed by atoms with Crippen molar-refractivity contribution >= 4 is 11.6 Å². The number of rotatable bonds is 5. The molecule has 0 aromatic heterocycles. The van der Waals surface area contributed by atoms with Crippen LogP contribution in [0, 0.1) is 5.92 Å². The summed E-state index contributed by atoms with van der Waals surface area (Å²) >= 11 is 5.86. The molecule has 2 rings (SSSR count). The van der Waals surface area contributed by atoms with Gasteiger partial charge in [0.1, 0.15) is 5.75 Å². The van der Waals surface area contributed by atoms with Gasteiger partial charge in [-0.05, 0) is 31.5 Å². The van der Waals surface area contributed by atoms with Crippen molar-refractivity contribution in [2.75, 3.05) is 26.2 Å². The third-order valence-electron chi connectivity index (χ3n) is 3.23. The van der Waals surface area contributed by atoms with Gasteiger partial charge in [0, 0.05) is 24.0 Å². The number of hydrogen-bond donors (Lipinski definition) is 0. The number of nitrogens with zero attached hydrogens (tertiary/aromatic N) is 1. The maximum absolute atomic E-state index is 5.86. The van der Waals surface area contributed by atoms with Crippen LogP contribution in [-0.4, -0.2) is 31.1 Å². The van der Waals surface area contributed by atoms with Gasteiger partial charge in [0.05, 0.1) is 6.61 Å². The minimum Gasteiger partial charge on any atom is -0.493 e. The maximum atomic E-state index is 5.86. The number of piperidine rings is 1. The lowest BCUT2D eigenvalue weighted by Gasteiger charge is -2.32. The Balaban J connectivity index is 1.77. The van der Waals surface area contributed by atoms with Crippen LogP contribution in [0.25, 0.3) is 0 Å². The van der Waals surface area contributed by atoms with Crippen molar-refractivity contribution in [2.24, 2.45) is 5.92 Å². The van der Waals surface area contributed by atoms with Crippen LogP contribution in [0.5, 0.6) is 5.75 Å². The molecular formula is C15H20ClNO. The molecule has 1 saturated heterocycles. The van der Waals surface area contributed by atoms with Crippen molar-refractivity contribution in [3.63, 3.8) is 0 Å². The zero-order valence-corrected chi connectivity index (χ0v) is 11.4. The number of hydrogen-bond acceptors (Lipinski definition) is 2. The van der Waals surface area contributed by atoms with Gasteiger partial charge in [0.2, 0.25) is 0 Å². The smallest absolute Gasteiger partial charge is 0.119 e. The highest BCUT2D eigenvalue weighted by Crippen LogP contribution is 2.19. The maximum Gasteiger partial charge on any atom is 0.119 e. The molecule has 1 unspecified atom stereocenters. The molecule has 0 spiro atoms. The minimum atomic E-state index is 0.593. The molecule has 0 radical (unpaired) electrons. The predicted molar refractivity (Wildman–Crippen MR) is 76.1 cm³/mol. The lowest BCUT2D eigenvalue weighted by molar-refractivity contribution is 0.139. The Labute approximate surface area is 114 Å². The fraction of sp³-hybridized carbons (Fsp3) is 0.467. The van der Waals surface area contributed by atoms with E-state index in [1.165, 1.54) is 12.8 Å². The van der Waals surface area contributed by atoms with Crippen molar-refractivity contribution in [3.8, 4) is 5.75 Å². The van der Waals surface area contributed by atoms with Crippen LogP contribution in [0.3, 0.4) is 0 Å². The first kappa shape index (κ1) is 13.4. The topological polar surface area (TPSA) is 12.5 Å². The summed E-state index contributed by atoms with van der Waals surface area (Å²) < 4.78 is 5.82. The first-order valence-corrected chi connectivity index (χ1v) is 6.85. The molecule has 1 aliphatic heterocycles. The second kappa shape index (κ2) is 6.81. The van der Waals surface area contributed by atoms with E-state index in [-0.39, 0.29) is 0 Å². The first-order valence-electron chi connectivity index (χ1n) is 6.47. The highest BCUT2D eigenvalue weighted by Gasteiger charge is 2.20. The summed E-state index contributed by atoms with van der Waals surface area (Å²) in [6, 6.07) is 10.0. The normalized spacial score (nSPS) is 20.6. The summed E-state index contributed by atoms with van der Waals surface area (Å²) in [4.78, 5) is 2.36. The fourth-order valence-electron chi connectivity index (χ4n) is 2.40. The molecule has 3 heteroatoms. The lowest BCUT2D eigenvalue weighted by Crippen LogP contribution is -2.38. The van der Waals surface area contributed by atoms with E-state index >= 15 is 0 Å². The highest BCUT2D eigenvalue weighted by atomic mass is 35.5. The molecule has 2 nitrogen and oxygen atoms in total. The molecule has 1 fully saturated rings. The SMILES string of the molecule is C=C(Cl)CN1CCCC(COc2ccccc2)C1. The van der Waals surface area contributed by atoms with E-state index in [0.29, 0.717) is 5.92 Å². The Hall–Kier alpha value is -0.990. The Morgan fingerprint density at radius 3 is 2.89 bits per heavy atom. The Bertz CT molecular complexity index is 379.